The van der Waals surface area contributed by atoms with Gasteiger partial charge in [-0.2, -0.15) is 0 Å². The molecule has 2 aromatic carbocycles. The van der Waals surface area contributed by atoms with Gasteiger partial charge in [0.1, 0.15) is 19.1 Å². The molecule has 0 fully saturated rings. The summed E-state index contributed by atoms with van der Waals surface area (Å²) in [6.07, 6.45) is 0.860. The van der Waals surface area contributed by atoms with Crippen molar-refractivity contribution < 1.29 is 9.53 Å². The van der Waals surface area contributed by atoms with Gasteiger partial charge in [-0.1, -0.05) is 25.1 Å². The lowest BCUT2D eigenvalue weighted by atomic mass is 10.0. The van der Waals surface area contributed by atoms with E-state index in [1.165, 1.54) is 11.1 Å². The largest absolute Gasteiger partial charge is 0.361 e. The molecule has 1 aromatic heterocycles. The van der Waals surface area contributed by atoms with Crippen LogP contribution in [0, 0.1) is 27.7 Å². The van der Waals surface area contributed by atoms with Crippen LogP contribution in [0.25, 0.3) is 11.0 Å². The number of fused-ring (bicyclic) bond motifs is 1. The molecule has 0 aliphatic carbocycles. The third-order valence-corrected chi connectivity index (χ3v) is 5.55. The molecule has 0 spiro atoms. The molecule has 0 aliphatic rings. The zero-order valence-electron chi connectivity index (χ0n) is 18.4. The summed E-state index contributed by atoms with van der Waals surface area (Å²) in [4.78, 5) is 19.9. The molecule has 0 atom stereocenters. The normalized spacial score (nSPS) is 11.2. The maximum absolute atomic E-state index is 13.5. The molecule has 0 aliphatic heterocycles. The number of rotatable bonds is 7. The van der Waals surface area contributed by atoms with E-state index in [4.69, 9.17) is 4.74 Å². The lowest BCUT2D eigenvalue weighted by molar-refractivity contribution is -0.120. The average Bonchev–Trinajstić information content (AvgIpc) is 2.97. The van der Waals surface area contributed by atoms with Crippen molar-refractivity contribution >= 4 is 22.6 Å². The molecule has 1 heterocycles. The number of amides is 1. The highest BCUT2D eigenvalue weighted by molar-refractivity contribution is 5.95. The Morgan fingerprint density at radius 2 is 1.79 bits per heavy atom. The molecule has 154 valence electrons. The number of imidazole rings is 1. The molecular weight excluding hydrogens is 362 g/mol. The number of para-hydroxylation sites is 1. The van der Waals surface area contributed by atoms with Crippen molar-refractivity contribution in [3.63, 3.8) is 0 Å². The Kier molecular flexibility index (Phi) is 6.38. The fourth-order valence-electron chi connectivity index (χ4n) is 3.76. The third-order valence-electron chi connectivity index (χ3n) is 5.55. The zero-order valence-corrected chi connectivity index (χ0v) is 18.4. The topological polar surface area (TPSA) is 47.4 Å². The van der Waals surface area contributed by atoms with Gasteiger partial charge in [-0.05, 0) is 75.4 Å². The van der Waals surface area contributed by atoms with Crippen LogP contribution in [0.1, 0.15) is 41.9 Å². The van der Waals surface area contributed by atoms with Crippen molar-refractivity contribution in [3.05, 3.63) is 58.4 Å². The Morgan fingerprint density at radius 1 is 1.07 bits per heavy atom. The van der Waals surface area contributed by atoms with Crippen LogP contribution in [-0.4, -0.2) is 28.8 Å². The number of anilines is 1. The van der Waals surface area contributed by atoms with E-state index in [1.807, 2.05) is 37.5 Å². The molecule has 0 bridgehead atoms. The second-order valence-electron chi connectivity index (χ2n) is 7.55. The Labute approximate surface area is 173 Å². The van der Waals surface area contributed by atoms with Gasteiger partial charge >= 0.3 is 0 Å². The molecule has 0 N–H and O–H groups in total. The Balaban J connectivity index is 2.02. The molecule has 0 radical (unpaired) electrons. The molecule has 0 saturated heterocycles. The first-order valence-corrected chi connectivity index (χ1v) is 10.3. The van der Waals surface area contributed by atoms with Crippen LogP contribution in [-0.2, 0) is 22.5 Å². The SMILES string of the molecule is CCOCN(C(=O)Cn1c(C)nc2cc(C)c(C)cc21)c1c(C)cccc1CC. The number of hydrogen-bond acceptors (Lipinski definition) is 3. The van der Waals surface area contributed by atoms with Gasteiger partial charge in [-0.3, -0.25) is 9.69 Å². The molecular formula is C24H31N3O2. The lowest BCUT2D eigenvalue weighted by Gasteiger charge is -2.27. The van der Waals surface area contributed by atoms with E-state index in [0.717, 1.165) is 40.1 Å². The summed E-state index contributed by atoms with van der Waals surface area (Å²) in [5.41, 5.74) is 7.52. The number of aryl methyl sites for hydroxylation is 5. The minimum atomic E-state index is 0.00285. The quantitative estimate of drug-likeness (QED) is 0.539. The minimum Gasteiger partial charge on any atom is -0.361 e. The summed E-state index contributed by atoms with van der Waals surface area (Å²) >= 11 is 0. The molecule has 3 aromatic rings. The Morgan fingerprint density at radius 3 is 2.48 bits per heavy atom. The first kappa shape index (κ1) is 21.1. The molecule has 3 rings (SSSR count). The van der Waals surface area contributed by atoms with Gasteiger partial charge in [-0.25, -0.2) is 4.98 Å². The third kappa shape index (κ3) is 4.20. The van der Waals surface area contributed by atoms with E-state index in [2.05, 4.69) is 44.0 Å². The standard InChI is InChI=1S/C24H31N3O2/c1-7-20-11-9-10-16(3)24(20)27(15-29-8-2)23(28)14-26-19(6)25-21-12-17(4)18(5)13-22(21)26/h9-13H,7-8,14-15H2,1-6H3. The first-order chi connectivity index (χ1) is 13.9. The summed E-state index contributed by atoms with van der Waals surface area (Å²) < 4.78 is 7.68. The number of hydrogen-bond donors (Lipinski definition) is 0. The van der Waals surface area contributed by atoms with Gasteiger partial charge in [-0.15, -0.1) is 0 Å². The fourth-order valence-corrected chi connectivity index (χ4v) is 3.76. The maximum Gasteiger partial charge on any atom is 0.248 e. The van der Waals surface area contributed by atoms with E-state index in [0.29, 0.717) is 6.61 Å². The number of carbonyl (C=O) groups excluding carboxylic acids is 1. The van der Waals surface area contributed by atoms with Crippen LogP contribution < -0.4 is 4.90 Å². The lowest BCUT2D eigenvalue weighted by Crippen LogP contribution is -2.37. The summed E-state index contributed by atoms with van der Waals surface area (Å²) in [7, 11) is 0. The van der Waals surface area contributed by atoms with Gasteiger partial charge in [0, 0.05) is 6.61 Å². The van der Waals surface area contributed by atoms with Crippen LogP contribution >= 0.6 is 0 Å². The predicted octanol–water partition coefficient (Wildman–Crippen LogP) is 4.86. The smallest absolute Gasteiger partial charge is 0.248 e. The van der Waals surface area contributed by atoms with Crippen molar-refractivity contribution in [2.24, 2.45) is 0 Å². The summed E-state index contributed by atoms with van der Waals surface area (Å²) in [6, 6.07) is 10.4. The van der Waals surface area contributed by atoms with E-state index in [9.17, 15) is 4.79 Å². The van der Waals surface area contributed by atoms with E-state index in [1.54, 1.807) is 4.90 Å². The summed E-state index contributed by atoms with van der Waals surface area (Å²) in [5.74, 6) is 0.846. The van der Waals surface area contributed by atoms with Gasteiger partial charge in [0.2, 0.25) is 5.91 Å². The Hall–Kier alpha value is -2.66. The van der Waals surface area contributed by atoms with Crippen LogP contribution in [0.5, 0.6) is 0 Å². The Bertz CT molecular complexity index is 1040. The number of carbonyl (C=O) groups is 1. The minimum absolute atomic E-state index is 0.00285. The number of benzene rings is 2. The summed E-state index contributed by atoms with van der Waals surface area (Å²) in [6.45, 7) is 13.3. The van der Waals surface area contributed by atoms with Gasteiger partial charge in [0.05, 0.1) is 16.7 Å². The van der Waals surface area contributed by atoms with E-state index in [-0.39, 0.29) is 19.2 Å². The van der Waals surface area contributed by atoms with Crippen LogP contribution in [0.4, 0.5) is 5.69 Å². The van der Waals surface area contributed by atoms with Crippen molar-refractivity contribution in [2.75, 3.05) is 18.2 Å². The van der Waals surface area contributed by atoms with E-state index < -0.39 is 0 Å². The van der Waals surface area contributed by atoms with Gasteiger partial charge in [0.25, 0.3) is 0 Å². The monoisotopic (exact) mass is 393 g/mol. The maximum atomic E-state index is 13.5. The fraction of sp³-hybridized carbons (Fsp3) is 0.417. The number of nitrogens with zero attached hydrogens (tertiary/aromatic N) is 3. The highest BCUT2D eigenvalue weighted by atomic mass is 16.5. The first-order valence-electron chi connectivity index (χ1n) is 10.3. The summed E-state index contributed by atoms with van der Waals surface area (Å²) in [5, 5.41) is 0. The van der Waals surface area contributed by atoms with Crippen molar-refractivity contribution in [1.82, 2.24) is 9.55 Å². The van der Waals surface area contributed by atoms with Crippen LogP contribution in [0.15, 0.2) is 30.3 Å². The molecule has 29 heavy (non-hydrogen) atoms. The molecule has 5 heteroatoms. The van der Waals surface area contributed by atoms with Gasteiger partial charge < -0.3 is 9.30 Å². The van der Waals surface area contributed by atoms with Crippen molar-refractivity contribution in [1.29, 1.82) is 0 Å². The zero-order chi connectivity index (χ0) is 21.1. The van der Waals surface area contributed by atoms with Crippen molar-refractivity contribution in [2.45, 2.75) is 54.5 Å². The van der Waals surface area contributed by atoms with Gasteiger partial charge in [0.15, 0.2) is 0 Å². The second-order valence-corrected chi connectivity index (χ2v) is 7.55. The second kappa shape index (κ2) is 8.78. The van der Waals surface area contributed by atoms with Crippen LogP contribution in [0.3, 0.4) is 0 Å². The van der Waals surface area contributed by atoms with Crippen LogP contribution in [0.2, 0.25) is 0 Å². The average molecular weight is 394 g/mol. The molecule has 1 amide bonds. The molecule has 0 saturated carbocycles. The van der Waals surface area contributed by atoms with Crippen molar-refractivity contribution in [3.8, 4) is 0 Å². The molecule has 5 nitrogen and oxygen atoms in total. The number of aromatic nitrogens is 2. The highest BCUT2D eigenvalue weighted by Gasteiger charge is 2.22. The highest BCUT2D eigenvalue weighted by Crippen LogP contribution is 2.27. The molecule has 0 unspecified atom stereocenters. The van der Waals surface area contributed by atoms with E-state index >= 15 is 0 Å². The predicted molar refractivity (Wildman–Crippen MR) is 118 cm³/mol. The number of ether oxygens (including phenoxy) is 1.